The molecular weight excluding hydrogens is 805 g/mol. The van der Waals surface area contributed by atoms with E-state index in [2.05, 4.69) is 90.1 Å². The molecule has 0 saturated carbocycles. The van der Waals surface area contributed by atoms with Gasteiger partial charge in [0.2, 0.25) is 0 Å². The van der Waals surface area contributed by atoms with Crippen molar-refractivity contribution in [2.75, 3.05) is 0 Å². The van der Waals surface area contributed by atoms with Gasteiger partial charge in [0.15, 0.2) is 0 Å². The molecule has 0 aliphatic rings. The summed E-state index contributed by atoms with van der Waals surface area (Å²) >= 11 is 0. The van der Waals surface area contributed by atoms with E-state index in [-0.39, 0.29) is 12.2 Å². The Morgan fingerprint density at radius 1 is 0.318 bits per heavy atom. The van der Waals surface area contributed by atoms with Gasteiger partial charge in [-0.25, -0.2) is 4.79 Å². The lowest BCUT2D eigenvalue weighted by Gasteiger charge is -2.26. The molecule has 2 aromatic rings. The van der Waals surface area contributed by atoms with Crippen molar-refractivity contribution in [2.24, 2.45) is 0 Å². The second-order valence-electron chi connectivity index (χ2n) is 21.3. The molecule has 0 fully saturated rings. The highest BCUT2D eigenvalue weighted by Crippen LogP contribution is 2.35. The lowest BCUT2D eigenvalue weighted by atomic mass is 9.91. The Morgan fingerprint density at radius 3 is 0.727 bits per heavy atom. The number of ether oxygens (including phenoxy) is 2. The fraction of sp³-hybridized carbons (Fsp3) is 0.794. The Labute approximate surface area is 411 Å². The highest BCUT2D eigenvalue weighted by molar-refractivity contribution is 5.61. The van der Waals surface area contributed by atoms with Crippen LogP contribution < -0.4 is 0 Å². The molecule has 0 amide bonds. The fourth-order valence-corrected chi connectivity index (χ4v) is 10.3. The molecule has 2 rings (SSSR count). The zero-order valence-electron chi connectivity index (χ0n) is 44.9. The number of unbranched alkanes of at least 4 members (excludes halogenated alkanes) is 36. The molecule has 0 heterocycles. The minimum absolute atomic E-state index is 0.294. The van der Waals surface area contributed by atoms with Gasteiger partial charge in [-0.05, 0) is 59.8 Å². The van der Waals surface area contributed by atoms with E-state index in [0.29, 0.717) is 11.8 Å². The quantitative estimate of drug-likeness (QED) is 0.0490. The normalized spacial score (nSPS) is 12.6. The van der Waals surface area contributed by atoms with Crippen LogP contribution in [-0.2, 0) is 9.47 Å². The van der Waals surface area contributed by atoms with E-state index in [1.807, 2.05) is 0 Å². The largest absolute Gasteiger partial charge is 0.509 e. The molecule has 0 spiro atoms. The SMILES string of the molecule is CCCCCCCCCCCCCCCCCCCCCC(OC(=O)OC(CCCCCCCCCCCCCCCCCCCCC)c1ccccc1C(C)C)c1ccccc1C(C)C. The number of hydrogen-bond acceptors (Lipinski definition) is 3. The Hall–Kier alpha value is -2.29. The van der Waals surface area contributed by atoms with Crippen LogP contribution in [0.1, 0.15) is 345 Å². The first-order valence-corrected chi connectivity index (χ1v) is 29.4. The van der Waals surface area contributed by atoms with E-state index >= 15 is 0 Å². The Morgan fingerprint density at radius 2 is 0.515 bits per heavy atom. The van der Waals surface area contributed by atoms with Gasteiger partial charge in [0.25, 0.3) is 0 Å². The standard InChI is InChI=1S/C63H110O3/c1-7-9-11-13-15-17-19-21-23-25-27-29-31-33-35-37-39-41-43-53-61(59-51-47-45-49-57(59)55(3)4)65-63(64)66-62(60-52-48-46-50-58(60)56(5)6)54-44-42-40-38-36-34-32-30-28-26-24-22-20-18-16-14-12-10-8-2/h45-52,55-56,61-62H,7-44,53-54H2,1-6H3. The summed E-state index contributed by atoms with van der Waals surface area (Å²) in [6.07, 6.45) is 52.7. The van der Waals surface area contributed by atoms with Gasteiger partial charge in [-0.15, -0.1) is 0 Å². The van der Waals surface area contributed by atoms with Crippen LogP contribution in [0.4, 0.5) is 4.79 Å². The molecule has 2 atom stereocenters. The van der Waals surface area contributed by atoms with Gasteiger partial charge >= 0.3 is 6.16 Å². The molecule has 0 aliphatic heterocycles. The van der Waals surface area contributed by atoms with Gasteiger partial charge in [-0.3, -0.25) is 0 Å². The Bertz CT molecular complexity index is 1260. The number of benzene rings is 2. The number of carbonyl (C=O) groups is 1. The van der Waals surface area contributed by atoms with E-state index in [9.17, 15) is 4.79 Å². The fourth-order valence-electron chi connectivity index (χ4n) is 10.3. The minimum Gasteiger partial charge on any atom is -0.426 e. The van der Waals surface area contributed by atoms with Gasteiger partial charge in [0, 0.05) is 0 Å². The monoisotopic (exact) mass is 915 g/mol. The molecule has 380 valence electrons. The molecule has 2 unspecified atom stereocenters. The Kier molecular flexibility index (Phi) is 38.8. The molecule has 0 bridgehead atoms. The number of carbonyl (C=O) groups excluding carboxylic acids is 1. The second-order valence-corrected chi connectivity index (χ2v) is 21.3. The molecule has 66 heavy (non-hydrogen) atoms. The van der Waals surface area contributed by atoms with Crippen molar-refractivity contribution < 1.29 is 14.3 Å². The van der Waals surface area contributed by atoms with Crippen molar-refractivity contribution in [1.82, 2.24) is 0 Å². The molecular formula is C63H110O3. The van der Waals surface area contributed by atoms with Crippen molar-refractivity contribution in [1.29, 1.82) is 0 Å². The predicted octanol–water partition coefficient (Wildman–Crippen LogP) is 22.5. The van der Waals surface area contributed by atoms with Gasteiger partial charge in [0.05, 0.1) is 0 Å². The van der Waals surface area contributed by atoms with Crippen LogP contribution in [0.15, 0.2) is 48.5 Å². The lowest BCUT2D eigenvalue weighted by Crippen LogP contribution is -2.18. The first-order valence-electron chi connectivity index (χ1n) is 29.4. The van der Waals surface area contributed by atoms with Crippen molar-refractivity contribution in [3.8, 4) is 0 Å². The predicted molar refractivity (Wildman–Crippen MR) is 290 cm³/mol. The van der Waals surface area contributed by atoms with E-state index in [4.69, 9.17) is 9.47 Å². The third-order valence-corrected chi connectivity index (χ3v) is 14.5. The maximum atomic E-state index is 13.9. The topological polar surface area (TPSA) is 35.5 Å². The van der Waals surface area contributed by atoms with Crippen LogP contribution in [-0.4, -0.2) is 6.16 Å². The third-order valence-electron chi connectivity index (χ3n) is 14.5. The van der Waals surface area contributed by atoms with Crippen molar-refractivity contribution in [2.45, 2.75) is 322 Å². The average Bonchev–Trinajstić information content (AvgIpc) is 3.32. The summed E-state index contributed by atoms with van der Waals surface area (Å²) in [4.78, 5) is 13.9. The maximum Gasteiger partial charge on any atom is 0.509 e. The van der Waals surface area contributed by atoms with Crippen LogP contribution in [0, 0.1) is 0 Å². The van der Waals surface area contributed by atoms with Crippen LogP contribution in [0.3, 0.4) is 0 Å². The van der Waals surface area contributed by atoms with Crippen molar-refractivity contribution in [3.63, 3.8) is 0 Å². The maximum absolute atomic E-state index is 13.9. The summed E-state index contributed by atoms with van der Waals surface area (Å²) in [5.41, 5.74) is 4.82. The number of hydrogen-bond donors (Lipinski definition) is 0. The highest BCUT2D eigenvalue weighted by Gasteiger charge is 2.26. The molecule has 0 radical (unpaired) electrons. The highest BCUT2D eigenvalue weighted by atomic mass is 16.7. The van der Waals surface area contributed by atoms with Gasteiger partial charge < -0.3 is 9.47 Å². The van der Waals surface area contributed by atoms with E-state index < -0.39 is 6.16 Å². The van der Waals surface area contributed by atoms with Gasteiger partial charge in [0.1, 0.15) is 12.2 Å². The molecule has 0 aliphatic carbocycles. The van der Waals surface area contributed by atoms with Crippen molar-refractivity contribution in [3.05, 3.63) is 70.8 Å². The van der Waals surface area contributed by atoms with Crippen LogP contribution in [0.2, 0.25) is 0 Å². The first-order chi connectivity index (χ1) is 32.4. The zero-order valence-corrected chi connectivity index (χ0v) is 44.9. The molecule has 3 heteroatoms. The first kappa shape index (κ1) is 59.8. The third kappa shape index (κ3) is 31.0. The lowest BCUT2D eigenvalue weighted by molar-refractivity contribution is -0.00920. The molecule has 2 aromatic carbocycles. The van der Waals surface area contributed by atoms with Gasteiger partial charge in [-0.2, -0.15) is 0 Å². The van der Waals surface area contributed by atoms with Gasteiger partial charge in [-0.1, -0.05) is 321 Å². The summed E-state index contributed by atoms with van der Waals surface area (Å²) in [5.74, 6) is 0.710. The van der Waals surface area contributed by atoms with E-state index in [1.54, 1.807) is 0 Å². The van der Waals surface area contributed by atoms with Crippen LogP contribution in [0.25, 0.3) is 0 Å². The van der Waals surface area contributed by atoms with Crippen LogP contribution >= 0.6 is 0 Å². The number of rotatable bonds is 46. The molecule has 0 saturated heterocycles. The summed E-state index contributed by atoms with van der Waals surface area (Å²) in [7, 11) is 0. The Balaban J connectivity index is 1.75. The molecule has 3 nitrogen and oxygen atoms in total. The smallest absolute Gasteiger partial charge is 0.426 e. The second kappa shape index (κ2) is 42.8. The van der Waals surface area contributed by atoms with Crippen molar-refractivity contribution >= 4 is 6.16 Å². The average molecular weight is 916 g/mol. The summed E-state index contributed by atoms with van der Waals surface area (Å²) < 4.78 is 12.8. The molecule has 0 N–H and O–H groups in total. The molecule has 0 aromatic heterocycles. The van der Waals surface area contributed by atoms with E-state index in [0.717, 1.165) is 36.8 Å². The summed E-state index contributed by atoms with van der Waals surface area (Å²) in [5, 5.41) is 0. The summed E-state index contributed by atoms with van der Waals surface area (Å²) in [6.45, 7) is 13.6. The minimum atomic E-state index is -0.516. The zero-order chi connectivity index (χ0) is 47.6. The van der Waals surface area contributed by atoms with Crippen LogP contribution in [0.5, 0.6) is 0 Å². The summed E-state index contributed by atoms with van der Waals surface area (Å²) in [6, 6.07) is 17.2. The van der Waals surface area contributed by atoms with E-state index in [1.165, 1.54) is 242 Å².